The number of rotatable bonds is 15. The molecule has 0 aromatic heterocycles. The van der Waals surface area contributed by atoms with Gasteiger partial charge in [0.2, 0.25) is 5.79 Å². The van der Waals surface area contributed by atoms with Crippen LogP contribution in [0.25, 0.3) is 0 Å². The van der Waals surface area contributed by atoms with Crippen LogP contribution in [-0.2, 0) is 32.2 Å². The maximum Gasteiger partial charge on any atom is 0.410 e. The Balaban J connectivity index is 0.889. The van der Waals surface area contributed by atoms with Gasteiger partial charge in [0.15, 0.2) is 0 Å². The number of nitrogen functional groups attached to an aromatic ring is 1. The molecule has 3 aromatic carbocycles. The number of hydrogen-bond acceptors (Lipinski definition) is 8. The molecule has 11 heteroatoms. The average molecular weight is 633 g/mol. The van der Waals surface area contributed by atoms with E-state index < -0.39 is 5.79 Å². The summed E-state index contributed by atoms with van der Waals surface area (Å²) < 4.78 is 28.7. The number of benzene rings is 3. The summed E-state index contributed by atoms with van der Waals surface area (Å²) in [6, 6.07) is 20.1. The van der Waals surface area contributed by atoms with Crippen molar-refractivity contribution < 1.29 is 33.3 Å². The molecule has 0 unspecified atom stereocenters. The van der Waals surface area contributed by atoms with Gasteiger partial charge in [0.05, 0.1) is 33.0 Å². The van der Waals surface area contributed by atoms with E-state index in [1.807, 2.05) is 56.3 Å². The van der Waals surface area contributed by atoms with Crippen molar-refractivity contribution in [2.45, 2.75) is 64.6 Å². The number of nitrogens with zero attached hydrogens (tertiary/aromatic N) is 1. The molecule has 11 nitrogen and oxygen atoms in total. The zero-order chi connectivity index (χ0) is 32.4. The Kier molecular flexibility index (Phi) is 11.4. The maximum atomic E-state index is 12.4. The Morgan fingerprint density at radius 1 is 0.935 bits per heavy atom. The second-order valence-electron chi connectivity index (χ2n) is 12.0. The van der Waals surface area contributed by atoms with Crippen molar-refractivity contribution in [2.75, 3.05) is 49.3 Å². The van der Waals surface area contributed by atoms with Gasteiger partial charge in [-0.3, -0.25) is 0 Å². The molecule has 3 amide bonds. The minimum Gasteiger partial charge on any atom is -0.463 e. The second-order valence-corrected chi connectivity index (χ2v) is 12.0. The van der Waals surface area contributed by atoms with E-state index in [4.69, 9.17) is 29.4 Å². The van der Waals surface area contributed by atoms with Gasteiger partial charge in [-0.2, -0.15) is 0 Å². The van der Waals surface area contributed by atoms with Gasteiger partial charge in [0.25, 0.3) is 0 Å². The molecule has 2 aliphatic rings. The summed E-state index contributed by atoms with van der Waals surface area (Å²) in [5.41, 5.74) is 10.5. The molecule has 1 saturated heterocycles. The number of fused-ring (bicyclic) bond motifs is 1. The van der Waals surface area contributed by atoms with Crippen LogP contribution >= 0.6 is 0 Å². The molecule has 0 saturated carbocycles. The molecule has 1 atom stereocenters. The van der Waals surface area contributed by atoms with Crippen LogP contribution in [0.2, 0.25) is 0 Å². The molecule has 0 radical (unpaired) electrons. The third-order valence-electron chi connectivity index (χ3n) is 7.71. The monoisotopic (exact) mass is 632 g/mol. The SMILES string of the molecule is CC1(C)OCc2cc([C@@H]3CN(CCCCCCOCCOCc4cccc(NC(=O)Nc5cccc(N)c5)c4)C(=O)O3)ccc2O1. The normalized spacial score (nSPS) is 16.8. The number of hydrogen-bond donors (Lipinski definition) is 3. The van der Waals surface area contributed by atoms with Gasteiger partial charge in [-0.05, 0) is 66.4 Å². The van der Waals surface area contributed by atoms with Crippen molar-refractivity contribution in [3.05, 3.63) is 83.4 Å². The number of nitrogens with one attached hydrogen (secondary N) is 2. The van der Waals surface area contributed by atoms with Crippen LogP contribution in [0.15, 0.2) is 66.7 Å². The molecule has 46 heavy (non-hydrogen) atoms. The van der Waals surface area contributed by atoms with E-state index in [2.05, 4.69) is 10.6 Å². The highest BCUT2D eigenvalue weighted by Crippen LogP contribution is 2.35. The van der Waals surface area contributed by atoms with Gasteiger partial charge < -0.3 is 45.0 Å². The standard InChI is InChI=1S/C35H44N4O7/c1-35(2)44-24-27-20-26(13-14-31(27)46-35)32-22-39(34(41)45-32)15-5-3-4-6-16-42-17-18-43-23-25-9-7-11-29(19-25)37-33(40)38-30-12-8-10-28(36)21-30/h7-14,19-21,32H,3-6,15-18,22-24,36H2,1-2H3,(H2,37,38,40)/t32-/m0/s1. The first-order chi connectivity index (χ1) is 22.2. The van der Waals surface area contributed by atoms with Gasteiger partial charge in [0.1, 0.15) is 11.9 Å². The smallest absolute Gasteiger partial charge is 0.410 e. The second kappa shape index (κ2) is 15.8. The number of urea groups is 1. The molecular weight excluding hydrogens is 588 g/mol. The summed E-state index contributed by atoms with van der Waals surface area (Å²) in [5, 5.41) is 5.59. The fourth-order valence-electron chi connectivity index (χ4n) is 5.34. The molecule has 0 bridgehead atoms. The molecule has 2 aliphatic heterocycles. The van der Waals surface area contributed by atoms with Crippen LogP contribution in [0.1, 0.15) is 62.3 Å². The first kappa shape index (κ1) is 33.1. The number of anilines is 3. The van der Waals surface area contributed by atoms with E-state index in [0.29, 0.717) is 63.2 Å². The quantitative estimate of drug-likeness (QED) is 0.122. The Morgan fingerprint density at radius 2 is 1.70 bits per heavy atom. The lowest BCUT2D eigenvalue weighted by molar-refractivity contribution is -0.180. The number of ether oxygens (including phenoxy) is 5. The first-order valence-corrected chi connectivity index (χ1v) is 15.8. The van der Waals surface area contributed by atoms with Crippen molar-refractivity contribution >= 4 is 29.2 Å². The number of carbonyl (C=O) groups is 2. The third kappa shape index (κ3) is 9.84. The van der Waals surface area contributed by atoms with Gasteiger partial charge >= 0.3 is 12.1 Å². The van der Waals surface area contributed by atoms with Gasteiger partial charge in [-0.15, -0.1) is 0 Å². The third-order valence-corrected chi connectivity index (χ3v) is 7.71. The molecule has 4 N–H and O–H groups in total. The number of unbranched alkanes of at least 4 members (excludes halogenated alkanes) is 3. The Morgan fingerprint density at radius 3 is 2.52 bits per heavy atom. The average Bonchev–Trinajstić information content (AvgIpc) is 3.39. The van der Waals surface area contributed by atoms with E-state index >= 15 is 0 Å². The predicted octanol–water partition coefficient (Wildman–Crippen LogP) is 6.85. The van der Waals surface area contributed by atoms with E-state index in [0.717, 1.165) is 48.1 Å². The number of nitrogens with two attached hydrogens (primary N) is 1. The molecule has 1 fully saturated rings. The zero-order valence-corrected chi connectivity index (χ0v) is 26.6. The van der Waals surface area contributed by atoms with E-state index in [-0.39, 0.29) is 18.2 Å². The van der Waals surface area contributed by atoms with Crippen molar-refractivity contribution in [3.63, 3.8) is 0 Å². The fourth-order valence-corrected chi connectivity index (χ4v) is 5.34. The predicted molar refractivity (Wildman–Crippen MR) is 176 cm³/mol. The van der Waals surface area contributed by atoms with Crippen molar-refractivity contribution in [1.82, 2.24) is 4.90 Å². The van der Waals surface area contributed by atoms with Crippen molar-refractivity contribution in [3.8, 4) is 5.75 Å². The Bertz CT molecular complexity index is 1480. The molecule has 3 aromatic rings. The lowest BCUT2D eigenvalue weighted by atomic mass is 10.0. The van der Waals surface area contributed by atoms with Crippen LogP contribution in [0.3, 0.4) is 0 Å². The number of amides is 3. The maximum absolute atomic E-state index is 12.4. The zero-order valence-electron chi connectivity index (χ0n) is 26.6. The molecule has 5 rings (SSSR count). The summed E-state index contributed by atoms with van der Waals surface area (Å²) in [7, 11) is 0. The van der Waals surface area contributed by atoms with Gasteiger partial charge in [-0.25, -0.2) is 9.59 Å². The minimum absolute atomic E-state index is 0.262. The Hall–Kier alpha value is -4.32. The topological polar surface area (TPSA) is 134 Å². The minimum atomic E-state index is -0.637. The summed E-state index contributed by atoms with van der Waals surface area (Å²) in [6.07, 6.45) is 3.37. The summed E-state index contributed by atoms with van der Waals surface area (Å²) in [6.45, 7) is 7.57. The lowest BCUT2D eigenvalue weighted by Gasteiger charge is -2.32. The molecule has 0 aliphatic carbocycles. The largest absolute Gasteiger partial charge is 0.463 e. The number of cyclic esters (lactones) is 1. The van der Waals surface area contributed by atoms with Gasteiger partial charge in [-0.1, -0.05) is 37.1 Å². The van der Waals surface area contributed by atoms with Gasteiger partial charge in [0, 0.05) is 49.6 Å². The van der Waals surface area contributed by atoms with E-state index in [9.17, 15) is 9.59 Å². The lowest BCUT2D eigenvalue weighted by Crippen LogP contribution is -2.35. The fraction of sp³-hybridized carbons (Fsp3) is 0.429. The molecule has 0 spiro atoms. The highest BCUT2D eigenvalue weighted by Gasteiger charge is 2.33. The number of carbonyl (C=O) groups excluding carboxylic acids is 2. The van der Waals surface area contributed by atoms with E-state index in [1.165, 1.54) is 0 Å². The highest BCUT2D eigenvalue weighted by molar-refractivity contribution is 6.00. The van der Waals surface area contributed by atoms with Crippen LogP contribution < -0.4 is 21.1 Å². The first-order valence-electron chi connectivity index (χ1n) is 15.8. The van der Waals surface area contributed by atoms with Crippen molar-refractivity contribution in [2.24, 2.45) is 0 Å². The van der Waals surface area contributed by atoms with Crippen LogP contribution in [0.5, 0.6) is 5.75 Å². The molecular formula is C35H44N4O7. The van der Waals surface area contributed by atoms with Crippen LogP contribution in [0.4, 0.5) is 26.7 Å². The summed E-state index contributed by atoms with van der Waals surface area (Å²) in [5.74, 6) is 0.175. The van der Waals surface area contributed by atoms with Crippen molar-refractivity contribution in [1.29, 1.82) is 0 Å². The molecule has 246 valence electrons. The highest BCUT2D eigenvalue weighted by atomic mass is 16.7. The van der Waals surface area contributed by atoms with E-state index in [1.54, 1.807) is 29.2 Å². The van der Waals surface area contributed by atoms with Crippen LogP contribution in [0, 0.1) is 0 Å². The summed E-state index contributed by atoms with van der Waals surface area (Å²) >= 11 is 0. The van der Waals surface area contributed by atoms with Crippen LogP contribution in [-0.4, -0.2) is 55.7 Å². The summed E-state index contributed by atoms with van der Waals surface area (Å²) in [4.78, 5) is 26.5. The molecule has 2 heterocycles. The Labute approximate surface area is 270 Å².